The van der Waals surface area contributed by atoms with Gasteiger partial charge in [-0.25, -0.2) is 0 Å². The topological polar surface area (TPSA) is 122 Å². The highest BCUT2D eigenvalue weighted by atomic mass is 35.5. The summed E-state index contributed by atoms with van der Waals surface area (Å²) in [5.41, 5.74) is 1.04. The van der Waals surface area contributed by atoms with E-state index in [1.54, 1.807) is 24.3 Å². The molecule has 1 aliphatic heterocycles. The second kappa shape index (κ2) is 10.2. The van der Waals surface area contributed by atoms with Crippen LogP contribution in [0.2, 0.25) is 5.02 Å². The molecule has 2 N–H and O–H groups in total. The van der Waals surface area contributed by atoms with Gasteiger partial charge in [0.05, 0.1) is 17.0 Å². The number of hydrogen-bond donors (Lipinski definition) is 2. The van der Waals surface area contributed by atoms with Crippen LogP contribution in [-0.2, 0) is 14.4 Å². The highest BCUT2D eigenvalue weighted by Crippen LogP contribution is 2.39. The number of ether oxygens (including phenoxy) is 2. The number of carboxylic acids is 1. The number of thioether (sulfide) groups is 1. The van der Waals surface area contributed by atoms with E-state index in [9.17, 15) is 19.2 Å². The molecule has 3 amide bonds. The van der Waals surface area contributed by atoms with Crippen LogP contribution < -0.4 is 14.8 Å². The zero-order valence-corrected chi connectivity index (χ0v) is 18.2. The molecule has 0 saturated carbocycles. The number of methoxy groups -OCH3 is 1. The van der Waals surface area contributed by atoms with Crippen LogP contribution in [-0.4, -0.2) is 53.3 Å². The van der Waals surface area contributed by atoms with E-state index in [1.165, 1.54) is 25.3 Å². The number of carbonyl (C=O) groups excluding carboxylic acids is 3. The van der Waals surface area contributed by atoms with Crippen LogP contribution >= 0.6 is 23.4 Å². The lowest BCUT2D eigenvalue weighted by Crippen LogP contribution is -2.33. The summed E-state index contributed by atoms with van der Waals surface area (Å²) in [6, 6.07) is 11.8. The summed E-state index contributed by atoms with van der Waals surface area (Å²) in [7, 11) is 1.38. The van der Waals surface area contributed by atoms with E-state index >= 15 is 0 Å². The van der Waals surface area contributed by atoms with Crippen LogP contribution in [0.3, 0.4) is 0 Å². The lowest BCUT2D eigenvalue weighted by molar-refractivity contribution is -0.140. The molecule has 0 atom stereocenters. The zero-order valence-electron chi connectivity index (χ0n) is 16.7. The molecular weight excluding hydrogens is 460 g/mol. The molecule has 3 rings (SSSR count). The molecule has 9 nitrogen and oxygen atoms in total. The monoisotopic (exact) mass is 476 g/mol. The highest BCUT2D eigenvalue weighted by Gasteiger charge is 2.36. The lowest BCUT2D eigenvalue weighted by atomic mass is 10.1. The van der Waals surface area contributed by atoms with Gasteiger partial charge in [0.1, 0.15) is 6.54 Å². The van der Waals surface area contributed by atoms with Gasteiger partial charge in [-0.05, 0) is 47.7 Å². The van der Waals surface area contributed by atoms with Crippen molar-refractivity contribution in [3.63, 3.8) is 0 Å². The molecule has 2 aromatic carbocycles. The van der Waals surface area contributed by atoms with Crippen molar-refractivity contribution in [1.29, 1.82) is 0 Å². The average molecular weight is 477 g/mol. The molecular formula is C21H17ClN2O7S. The summed E-state index contributed by atoms with van der Waals surface area (Å²) in [5.74, 6) is -2.06. The number of aliphatic carboxylic acids is 1. The summed E-state index contributed by atoms with van der Waals surface area (Å²) in [6.45, 7) is -1.04. The predicted octanol–water partition coefficient (Wildman–Crippen LogP) is 3.49. The van der Waals surface area contributed by atoms with Crippen LogP contribution in [0.4, 0.5) is 10.5 Å². The smallest absolute Gasteiger partial charge is 0.323 e. The number of para-hydroxylation sites is 1. The summed E-state index contributed by atoms with van der Waals surface area (Å²) in [6.07, 6.45) is 1.40. The van der Waals surface area contributed by atoms with Crippen molar-refractivity contribution in [2.24, 2.45) is 0 Å². The van der Waals surface area contributed by atoms with E-state index in [0.717, 1.165) is 0 Å². The number of nitrogens with one attached hydrogen (secondary N) is 1. The lowest BCUT2D eigenvalue weighted by Gasteiger charge is -2.13. The average Bonchev–Trinajstić information content (AvgIpc) is 3.00. The van der Waals surface area contributed by atoms with Crippen LogP contribution in [0, 0.1) is 0 Å². The van der Waals surface area contributed by atoms with Gasteiger partial charge in [0.25, 0.3) is 17.1 Å². The molecule has 11 heteroatoms. The van der Waals surface area contributed by atoms with E-state index < -0.39 is 29.6 Å². The first kappa shape index (κ1) is 23.2. The van der Waals surface area contributed by atoms with Gasteiger partial charge in [0.15, 0.2) is 18.1 Å². The molecule has 0 unspecified atom stereocenters. The minimum absolute atomic E-state index is 0.0466. The van der Waals surface area contributed by atoms with Gasteiger partial charge in [-0.3, -0.25) is 24.1 Å². The van der Waals surface area contributed by atoms with Crippen molar-refractivity contribution in [2.75, 3.05) is 25.6 Å². The zero-order chi connectivity index (χ0) is 23.3. The van der Waals surface area contributed by atoms with Gasteiger partial charge in [-0.1, -0.05) is 29.8 Å². The quantitative estimate of drug-likeness (QED) is 0.555. The Bertz CT molecular complexity index is 1100. The third kappa shape index (κ3) is 5.59. The Labute approximate surface area is 191 Å². The van der Waals surface area contributed by atoms with Gasteiger partial charge in [0, 0.05) is 5.69 Å². The Morgan fingerprint density at radius 2 is 1.94 bits per heavy atom. The maximum Gasteiger partial charge on any atom is 0.323 e. The fraction of sp³-hybridized carbons (Fsp3) is 0.143. The number of hydrogen-bond acceptors (Lipinski definition) is 7. The third-order valence-corrected chi connectivity index (χ3v) is 5.31. The standard InChI is InChI=1S/C21H17ClN2O7S/c1-30-15-8-12(9-16-20(28)24(10-18(26)27)21(29)32-16)7-14(22)19(15)31-11-17(25)23-13-5-3-2-4-6-13/h2-9H,10-11H2,1H3,(H,23,25)(H,26,27)/b16-9+. The minimum atomic E-state index is -1.30. The predicted molar refractivity (Wildman–Crippen MR) is 119 cm³/mol. The van der Waals surface area contributed by atoms with Crippen molar-refractivity contribution in [3.05, 3.63) is 58.0 Å². The molecule has 1 heterocycles. The first-order valence-electron chi connectivity index (χ1n) is 9.11. The van der Waals surface area contributed by atoms with E-state index in [1.807, 2.05) is 6.07 Å². The van der Waals surface area contributed by atoms with E-state index in [2.05, 4.69) is 5.32 Å². The first-order chi connectivity index (χ1) is 15.3. The summed E-state index contributed by atoms with van der Waals surface area (Å²) in [5, 5.41) is 11.0. The van der Waals surface area contributed by atoms with E-state index in [4.69, 9.17) is 26.2 Å². The second-order valence-corrected chi connectivity index (χ2v) is 7.80. The molecule has 1 aliphatic rings. The number of halogens is 1. The van der Waals surface area contributed by atoms with Gasteiger partial charge in [-0.15, -0.1) is 0 Å². The van der Waals surface area contributed by atoms with Crippen molar-refractivity contribution in [3.8, 4) is 11.5 Å². The van der Waals surface area contributed by atoms with E-state index in [0.29, 0.717) is 27.9 Å². The fourth-order valence-electron chi connectivity index (χ4n) is 2.74. The Kier molecular flexibility index (Phi) is 7.39. The van der Waals surface area contributed by atoms with Crippen LogP contribution in [0.15, 0.2) is 47.4 Å². The van der Waals surface area contributed by atoms with Crippen molar-refractivity contribution in [2.45, 2.75) is 0 Å². The molecule has 32 heavy (non-hydrogen) atoms. The molecule has 0 aromatic heterocycles. The van der Waals surface area contributed by atoms with Crippen molar-refractivity contribution in [1.82, 2.24) is 4.90 Å². The van der Waals surface area contributed by atoms with Crippen LogP contribution in [0.1, 0.15) is 5.56 Å². The maximum absolute atomic E-state index is 12.3. The first-order valence-corrected chi connectivity index (χ1v) is 10.3. The summed E-state index contributed by atoms with van der Waals surface area (Å²) < 4.78 is 10.8. The molecule has 1 fully saturated rings. The number of nitrogens with zero attached hydrogens (tertiary/aromatic N) is 1. The molecule has 2 aromatic rings. The van der Waals surface area contributed by atoms with E-state index in [-0.39, 0.29) is 28.0 Å². The number of anilines is 1. The minimum Gasteiger partial charge on any atom is -0.493 e. The number of amides is 3. The molecule has 0 aliphatic carbocycles. The number of benzene rings is 2. The van der Waals surface area contributed by atoms with Crippen molar-refractivity contribution < 1.29 is 33.8 Å². The number of carboxylic acid groups (broad SMARTS) is 1. The molecule has 0 radical (unpaired) electrons. The molecule has 0 bridgehead atoms. The Balaban J connectivity index is 1.74. The largest absolute Gasteiger partial charge is 0.493 e. The number of carbonyl (C=O) groups is 4. The van der Waals surface area contributed by atoms with Gasteiger partial charge >= 0.3 is 5.97 Å². The SMILES string of the molecule is COc1cc(/C=C2/SC(=O)N(CC(=O)O)C2=O)cc(Cl)c1OCC(=O)Nc1ccccc1. The van der Waals surface area contributed by atoms with Gasteiger partial charge < -0.3 is 19.9 Å². The second-order valence-electron chi connectivity index (χ2n) is 6.40. The van der Waals surface area contributed by atoms with Crippen LogP contribution in [0.25, 0.3) is 6.08 Å². The Morgan fingerprint density at radius 1 is 1.22 bits per heavy atom. The maximum atomic E-state index is 12.3. The Morgan fingerprint density at radius 3 is 2.59 bits per heavy atom. The Hall–Kier alpha value is -3.50. The fourth-order valence-corrected chi connectivity index (χ4v) is 3.85. The molecule has 166 valence electrons. The van der Waals surface area contributed by atoms with Gasteiger partial charge in [-0.2, -0.15) is 0 Å². The van der Waals surface area contributed by atoms with Gasteiger partial charge in [0.2, 0.25) is 0 Å². The van der Waals surface area contributed by atoms with Crippen LogP contribution in [0.5, 0.6) is 11.5 Å². The number of imide groups is 1. The highest BCUT2D eigenvalue weighted by molar-refractivity contribution is 8.18. The summed E-state index contributed by atoms with van der Waals surface area (Å²) in [4.78, 5) is 47.9. The van der Waals surface area contributed by atoms with Crippen molar-refractivity contribution >= 4 is 58.1 Å². The molecule has 1 saturated heterocycles. The number of rotatable bonds is 8. The third-order valence-electron chi connectivity index (χ3n) is 4.12. The molecule has 0 spiro atoms. The summed E-state index contributed by atoms with van der Waals surface area (Å²) >= 11 is 6.92. The normalized spacial score (nSPS) is 14.6.